The lowest BCUT2D eigenvalue weighted by Crippen LogP contribution is -2.38. The van der Waals surface area contributed by atoms with Crippen molar-refractivity contribution in [2.75, 3.05) is 13.1 Å². The van der Waals surface area contributed by atoms with Crippen molar-refractivity contribution in [3.05, 3.63) is 71.8 Å². The highest BCUT2D eigenvalue weighted by Gasteiger charge is 2.34. The van der Waals surface area contributed by atoms with E-state index in [1.807, 2.05) is 31.5 Å². The summed E-state index contributed by atoms with van der Waals surface area (Å²) in [6.07, 6.45) is 11.4. The molecule has 28 heavy (non-hydrogen) atoms. The monoisotopic (exact) mass is 380 g/mol. The van der Waals surface area contributed by atoms with Gasteiger partial charge in [0.25, 0.3) is 0 Å². The summed E-state index contributed by atoms with van der Waals surface area (Å²) in [5.41, 5.74) is 10.8. The summed E-state index contributed by atoms with van der Waals surface area (Å²) in [7, 11) is 0. The first-order valence-electron chi connectivity index (χ1n) is 10.5. The van der Waals surface area contributed by atoms with Crippen LogP contribution in [0.3, 0.4) is 0 Å². The second-order valence-electron chi connectivity index (χ2n) is 7.52. The Balaban J connectivity index is 0.000000878. The SMILES string of the molecule is C=CC.Cc1cccnc1C1CCCC(c2ncccc2C)N1CCCCN. The maximum absolute atomic E-state index is 5.74. The third-order valence-corrected chi connectivity index (χ3v) is 5.36. The summed E-state index contributed by atoms with van der Waals surface area (Å²) >= 11 is 0. The van der Waals surface area contributed by atoms with Gasteiger partial charge in [-0.25, -0.2) is 0 Å². The molecule has 0 bridgehead atoms. The summed E-state index contributed by atoms with van der Waals surface area (Å²) in [6.45, 7) is 11.4. The van der Waals surface area contributed by atoms with Gasteiger partial charge < -0.3 is 5.73 Å². The Morgan fingerprint density at radius 3 is 1.96 bits per heavy atom. The fourth-order valence-corrected chi connectivity index (χ4v) is 4.08. The standard InChI is InChI=1S/C21H30N4.C3H6/c1-16-8-6-13-23-20(16)18-10-5-11-19(25(18)15-4-3-12-22)21-17(2)9-7-14-24-21;1-3-2/h6-9,13-14,18-19H,3-5,10-12,15,22H2,1-2H3;3H,1H2,2H3. The van der Waals surface area contributed by atoms with E-state index in [9.17, 15) is 0 Å². The largest absolute Gasteiger partial charge is 0.330 e. The Hall–Kier alpha value is -2.04. The highest BCUT2D eigenvalue weighted by Crippen LogP contribution is 2.42. The minimum atomic E-state index is 0.374. The number of allylic oxidation sites excluding steroid dienone is 1. The van der Waals surface area contributed by atoms with Gasteiger partial charge in [0.15, 0.2) is 0 Å². The molecule has 1 aliphatic rings. The van der Waals surface area contributed by atoms with Gasteiger partial charge >= 0.3 is 0 Å². The molecule has 2 aromatic rings. The van der Waals surface area contributed by atoms with Crippen LogP contribution in [0.2, 0.25) is 0 Å². The van der Waals surface area contributed by atoms with Crippen molar-refractivity contribution in [1.82, 2.24) is 14.9 Å². The van der Waals surface area contributed by atoms with Crippen molar-refractivity contribution in [2.45, 2.75) is 65.0 Å². The van der Waals surface area contributed by atoms with E-state index in [0.717, 1.165) is 25.9 Å². The van der Waals surface area contributed by atoms with Crippen LogP contribution in [0.25, 0.3) is 0 Å². The molecule has 2 unspecified atom stereocenters. The van der Waals surface area contributed by atoms with E-state index in [0.29, 0.717) is 12.1 Å². The van der Waals surface area contributed by atoms with Gasteiger partial charge in [-0.2, -0.15) is 0 Å². The number of hydrogen-bond donors (Lipinski definition) is 1. The van der Waals surface area contributed by atoms with Crippen LogP contribution >= 0.6 is 0 Å². The van der Waals surface area contributed by atoms with Gasteiger partial charge in [-0.15, -0.1) is 6.58 Å². The van der Waals surface area contributed by atoms with Crippen molar-refractivity contribution in [2.24, 2.45) is 5.73 Å². The molecule has 0 amide bonds. The molecule has 0 saturated carbocycles. The summed E-state index contributed by atoms with van der Waals surface area (Å²) in [6, 6.07) is 9.16. The fourth-order valence-electron chi connectivity index (χ4n) is 4.08. The molecule has 152 valence electrons. The Labute approximate surface area is 170 Å². The number of rotatable bonds is 6. The lowest BCUT2D eigenvalue weighted by Gasteiger charge is -2.42. The maximum atomic E-state index is 5.74. The van der Waals surface area contributed by atoms with E-state index in [2.05, 4.69) is 37.5 Å². The van der Waals surface area contributed by atoms with E-state index in [1.165, 1.54) is 41.8 Å². The molecular formula is C24H36N4. The number of nitrogens with zero attached hydrogens (tertiary/aromatic N) is 3. The zero-order valence-electron chi connectivity index (χ0n) is 17.8. The highest BCUT2D eigenvalue weighted by molar-refractivity contribution is 5.25. The van der Waals surface area contributed by atoms with E-state index < -0.39 is 0 Å². The van der Waals surface area contributed by atoms with Crippen molar-refractivity contribution < 1.29 is 0 Å². The van der Waals surface area contributed by atoms with Gasteiger partial charge in [-0.1, -0.05) is 18.2 Å². The van der Waals surface area contributed by atoms with Crippen molar-refractivity contribution in [3.63, 3.8) is 0 Å². The average molecular weight is 381 g/mol. The van der Waals surface area contributed by atoms with Crippen LogP contribution in [0.1, 0.15) is 73.6 Å². The molecule has 2 aromatic heterocycles. The number of unbranched alkanes of at least 4 members (excludes halogenated alkanes) is 1. The normalized spacial score (nSPS) is 19.6. The molecule has 2 N–H and O–H groups in total. The molecule has 1 saturated heterocycles. The number of aryl methyl sites for hydroxylation is 2. The van der Waals surface area contributed by atoms with Crippen LogP contribution in [0.5, 0.6) is 0 Å². The molecule has 0 spiro atoms. The first kappa shape index (κ1) is 22.3. The minimum absolute atomic E-state index is 0.374. The number of piperidine rings is 1. The zero-order valence-corrected chi connectivity index (χ0v) is 17.8. The van der Waals surface area contributed by atoms with Crippen molar-refractivity contribution in [1.29, 1.82) is 0 Å². The predicted molar refractivity (Wildman–Crippen MR) is 118 cm³/mol. The minimum Gasteiger partial charge on any atom is -0.330 e. The summed E-state index contributed by atoms with van der Waals surface area (Å²) in [5, 5.41) is 0. The van der Waals surface area contributed by atoms with Gasteiger partial charge in [0.05, 0.1) is 23.5 Å². The van der Waals surface area contributed by atoms with Gasteiger partial charge in [-0.05, 0) is 89.2 Å². The Bertz CT molecular complexity index is 675. The van der Waals surface area contributed by atoms with E-state index in [1.54, 1.807) is 6.08 Å². The molecular weight excluding hydrogens is 344 g/mol. The lowest BCUT2D eigenvalue weighted by atomic mass is 9.88. The van der Waals surface area contributed by atoms with Crippen molar-refractivity contribution in [3.8, 4) is 0 Å². The van der Waals surface area contributed by atoms with Crippen LogP contribution in [0.4, 0.5) is 0 Å². The second kappa shape index (κ2) is 11.7. The van der Waals surface area contributed by atoms with Crippen LogP contribution in [-0.4, -0.2) is 28.0 Å². The molecule has 0 radical (unpaired) electrons. The van der Waals surface area contributed by atoms with Gasteiger partial charge in [0.1, 0.15) is 0 Å². The van der Waals surface area contributed by atoms with Crippen LogP contribution in [-0.2, 0) is 0 Å². The van der Waals surface area contributed by atoms with Gasteiger partial charge in [-0.3, -0.25) is 14.9 Å². The lowest BCUT2D eigenvalue weighted by molar-refractivity contribution is 0.0745. The molecule has 0 aliphatic carbocycles. The molecule has 4 nitrogen and oxygen atoms in total. The van der Waals surface area contributed by atoms with Crippen LogP contribution < -0.4 is 5.73 Å². The number of likely N-dealkylation sites (tertiary alicyclic amines) is 1. The molecule has 2 atom stereocenters. The van der Waals surface area contributed by atoms with E-state index in [4.69, 9.17) is 15.7 Å². The highest BCUT2D eigenvalue weighted by atomic mass is 15.2. The quantitative estimate of drug-likeness (QED) is 0.546. The molecule has 3 rings (SSSR count). The number of nitrogens with two attached hydrogens (primary N) is 1. The summed E-state index contributed by atoms with van der Waals surface area (Å²) < 4.78 is 0. The Kier molecular flexibility index (Phi) is 9.32. The zero-order chi connectivity index (χ0) is 20.4. The maximum Gasteiger partial charge on any atom is 0.0604 e. The topological polar surface area (TPSA) is 55.0 Å². The average Bonchev–Trinajstić information content (AvgIpc) is 2.70. The number of hydrogen-bond acceptors (Lipinski definition) is 4. The Morgan fingerprint density at radius 2 is 1.54 bits per heavy atom. The predicted octanol–water partition coefficient (Wildman–Crippen LogP) is 5.29. The van der Waals surface area contributed by atoms with E-state index in [-0.39, 0.29) is 0 Å². The molecule has 0 aromatic carbocycles. The molecule has 1 fully saturated rings. The summed E-state index contributed by atoms with van der Waals surface area (Å²) in [4.78, 5) is 12.1. The van der Waals surface area contributed by atoms with Crippen LogP contribution in [0.15, 0.2) is 49.3 Å². The second-order valence-corrected chi connectivity index (χ2v) is 7.52. The molecule has 1 aliphatic heterocycles. The first-order valence-corrected chi connectivity index (χ1v) is 10.5. The van der Waals surface area contributed by atoms with E-state index >= 15 is 0 Å². The first-order chi connectivity index (χ1) is 13.6. The summed E-state index contributed by atoms with van der Waals surface area (Å²) in [5.74, 6) is 0. The third kappa shape index (κ3) is 5.73. The van der Waals surface area contributed by atoms with Gasteiger partial charge in [0, 0.05) is 12.4 Å². The third-order valence-electron chi connectivity index (χ3n) is 5.36. The van der Waals surface area contributed by atoms with Crippen LogP contribution in [0, 0.1) is 13.8 Å². The fraction of sp³-hybridized carbons (Fsp3) is 0.500. The number of aromatic nitrogens is 2. The van der Waals surface area contributed by atoms with Crippen molar-refractivity contribution >= 4 is 0 Å². The Morgan fingerprint density at radius 1 is 1.04 bits per heavy atom. The number of pyridine rings is 2. The molecule has 4 heteroatoms. The van der Waals surface area contributed by atoms with Gasteiger partial charge in [0.2, 0.25) is 0 Å². The smallest absolute Gasteiger partial charge is 0.0604 e. The molecule has 3 heterocycles.